The molecule has 162 valence electrons. The molecule has 0 aromatic heterocycles. The van der Waals surface area contributed by atoms with Gasteiger partial charge < -0.3 is 14.8 Å². The Morgan fingerprint density at radius 2 is 1.81 bits per heavy atom. The maximum atomic E-state index is 12.5. The zero-order valence-corrected chi connectivity index (χ0v) is 17.8. The summed E-state index contributed by atoms with van der Waals surface area (Å²) in [6, 6.07) is 9.11. The summed E-state index contributed by atoms with van der Waals surface area (Å²) < 4.78 is 10.00. The van der Waals surface area contributed by atoms with Crippen LogP contribution < -0.4 is 5.32 Å². The first-order valence-corrected chi connectivity index (χ1v) is 9.92. The minimum Gasteiger partial charge on any atom is -0.452 e. The summed E-state index contributed by atoms with van der Waals surface area (Å²) in [5.74, 6) is -2.17. The molecule has 3 rings (SSSR count). The third-order valence-electron chi connectivity index (χ3n) is 4.73. The number of hydrogen-bond acceptors (Lipinski definition) is 6. The van der Waals surface area contributed by atoms with Crippen molar-refractivity contribution >= 4 is 41.0 Å². The van der Waals surface area contributed by atoms with Crippen LogP contribution in [0.5, 0.6) is 0 Å². The smallest absolute Gasteiger partial charge is 0.338 e. The van der Waals surface area contributed by atoms with Crippen molar-refractivity contribution in [1.82, 2.24) is 4.90 Å². The molecule has 0 saturated heterocycles. The average Bonchev–Trinajstić information content (AvgIpc) is 2.98. The molecular formula is C22H21ClN2O6. The van der Waals surface area contributed by atoms with Crippen LogP contribution in [0.4, 0.5) is 5.69 Å². The average molecular weight is 445 g/mol. The molecule has 1 heterocycles. The predicted octanol–water partition coefficient (Wildman–Crippen LogP) is 3.08. The first-order chi connectivity index (χ1) is 14.8. The fourth-order valence-electron chi connectivity index (χ4n) is 3.16. The minimum atomic E-state index is -0.774. The highest BCUT2D eigenvalue weighted by Crippen LogP contribution is 2.25. The van der Waals surface area contributed by atoms with Gasteiger partial charge in [0.25, 0.3) is 17.7 Å². The number of nitrogens with one attached hydrogen (secondary N) is 1. The lowest BCUT2D eigenvalue weighted by Gasteiger charge is -2.12. The molecule has 1 aliphatic rings. The van der Waals surface area contributed by atoms with Gasteiger partial charge in [0.2, 0.25) is 0 Å². The van der Waals surface area contributed by atoms with E-state index in [2.05, 4.69) is 5.32 Å². The number of amides is 3. The van der Waals surface area contributed by atoms with Crippen molar-refractivity contribution in [3.8, 4) is 0 Å². The van der Waals surface area contributed by atoms with E-state index in [1.807, 2.05) is 0 Å². The van der Waals surface area contributed by atoms with E-state index in [-0.39, 0.29) is 23.2 Å². The van der Waals surface area contributed by atoms with Gasteiger partial charge in [0.15, 0.2) is 6.61 Å². The number of anilines is 1. The fraction of sp³-hybridized carbons (Fsp3) is 0.273. The van der Waals surface area contributed by atoms with Gasteiger partial charge in [-0.15, -0.1) is 0 Å². The van der Waals surface area contributed by atoms with Crippen LogP contribution >= 0.6 is 11.6 Å². The number of hydrogen-bond donors (Lipinski definition) is 1. The van der Waals surface area contributed by atoms with Gasteiger partial charge in [0.05, 0.1) is 16.7 Å². The quantitative estimate of drug-likeness (QED) is 0.381. The second-order valence-electron chi connectivity index (χ2n) is 6.95. The van der Waals surface area contributed by atoms with Crippen LogP contribution in [-0.2, 0) is 14.3 Å². The lowest BCUT2D eigenvalue weighted by Crippen LogP contribution is -2.31. The topological polar surface area (TPSA) is 102 Å². The summed E-state index contributed by atoms with van der Waals surface area (Å²) in [5.41, 5.74) is 1.77. The van der Waals surface area contributed by atoms with Gasteiger partial charge in [-0.05, 0) is 55.3 Å². The van der Waals surface area contributed by atoms with Crippen LogP contribution in [0.1, 0.15) is 43.1 Å². The summed E-state index contributed by atoms with van der Waals surface area (Å²) in [4.78, 5) is 50.5. The number of methoxy groups -OCH3 is 1. The first-order valence-electron chi connectivity index (χ1n) is 9.54. The number of rotatable bonds is 8. The SMILES string of the molecule is COCCCN1C(=O)c2ccc(C(=O)OCC(=O)Nc3ccc(Cl)cc3C)cc2C1=O. The van der Waals surface area contributed by atoms with E-state index in [0.29, 0.717) is 23.7 Å². The molecular weight excluding hydrogens is 424 g/mol. The van der Waals surface area contributed by atoms with Gasteiger partial charge in [-0.2, -0.15) is 0 Å². The Balaban J connectivity index is 1.61. The Labute approximate surface area is 184 Å². The number of carbonyl (C=O) groups is 4. The number of halogens is 1. The molecule has 0 bridgehead atoms. The van der Waals surface area contributed by atoms with Gasteiger partial charge in [-0.3, -0.25) is 19.3 Å². The first kappa shape index (κ1) is 22.5. The van der Waals surface area contributed by atoms with Crippen molar-refractivity contribution in [2.45, 2.75) is 13.3 Å². The Morgan fingerprint density at radius 3 is 2.52 bits per heavy atom. The Bertz CT molecular complexity index is 1050. The molecule has 3 amide bonds. The third kappa shape index (κ3) is 5.10. The zero-order chi connectivity index (χ0) is 22.5. The van der Waals surface area contributed by atoms with Crippen LogP contribution in [-0.4, -0.2) is 55.5 Å². The second-order valence-corrected chi connectivity index (χ2v) is 7.39. The van der Waals surface area contributed by atoms with Crippen molar-refractivity contribution in [1.29, 1.82) is 0 Å². The molecule has 0 spiro atoms. The summed E-state index contributed by atoms with van der Waals surface area (Å²) in [5, 5.41) is 3.18. The lowest BCUT2D eigenvalue weighted by molar-refractivity contribution is -0.119. The van der Waals surface area contributed by atoms with Crippen molar-refractivity contribution in [2.24, 2.45) is 0 Å². The van der Waals surface area contributed by atoms with Gasteiger partial charge in [-0.1, -0.05) is 11.6 Å². The van der Waals surface area contributed by atoms with Gasteiger partial charge in [0, 0.05) is 31.0 Å². The van der Waals surface area contributed by atoms with E-state index in [1.165, 1.54) is 25.3 Å². The minimum absolute atomic E-state index is 0.0779. The summed E-state index contributed by atoms with van der Waals surface area (Å²) >= 11 is 5.89. The molecule has 0 radical (unpaired) electrons. The summed E-state index contributed by atoms with van der Waals surface area (Å²) in [6.07, 6.45) is 0.513. The summed E-state index contributed by atoms with van der Waals surface area (Å²) in [6.45, 7) is 1.93. The van der Waals surface area contributed by atoms with E-state index in [1.54, 1.807) is 25.1 Å². The molecule has 0 unspecified atom stereocenters. The molecule has 0 aliphatic carbocycles. The molecule has 1 aliphatic heterocycles. The van der Waals surface area contributed by atoms with Crippen LogP contribution in [0, 0.1) is 6.92 Å². The Morgan fingerprint density at radius 1 is 1.06 bits per heavy atom. The monoisotopic (exact) mass is 444 g/mol. The summed E-state index contributed by atoms with van der Waals surface area (Å²) in [7, 11) is 1.54. The molecule has 31 heavy (non-hydrogen) atoms. The second kappa shape index (κ2) is 9.72. The van der Waals surface area contributed by atoms with Gasteiger partial charge >= 0.3 is 5.97 Å². The highest BCUT2D eigenvalue weighted by atomic mass is 35.5. The standard InChI is InChI=1S/C22H21ClN2O6/c1-13-10-15(23)5-7-18(13)24-19(26)12-31-22(29)14-4-6-16-17(11-14)21(28)25(20(16)27)8-3-9-30-2/h4-7,10-11H,3,8-9,12H2,1-2H3,(H,24,26). The van der Waals surface area contributed by atoms with Gasteiger partial charge in [0.1, 0.15) is 0 Å². The van der Waals surface area contributed by atoms with E-state index in [0.717, 1.165) is 10.5 Å². The van der Waals surface area contributed by atoms with Crippen LogP contribution in [0.15, 0.2) is 36.4 Å². The van der Waals surface area contributed by atoms with Crippen LogP contribution in [0.3, 0.4) is 0 Å². The number of carbonyl (C=O) groups excluding carboxylic acids is 4. The van der Waals surface area contributed by atoms with E-state index >= 15 is 0 Å². The normalized spacial score (nSPS) is 12.7. The van der Waals surface area contributed by atoms with Crippen molar-refractivity contribution in [3.05, 3.63) is 63.7 Å². The Hall–Kier alpha value is -3.23. The molecule has 0 saturated carbocycles. The van der Waals surface area contributed by atoms with E-state index in [4.69, 9.17) is 21.1 Å². The number of imide groups is 1. The van der Waals surface area contributed by atoms with Crippen molar-refractivity contribution in [2.75, 3.05) is 32.2 Å². The predicted molar refractivity (Wildman–Crippen MR) is 113 cm³/mol. The number of nitrogens with zero attached hydrogens (tertiary/aromatic N) is 1. The van der Waals surface area contributed by atoms with E-state index in [9.17, 15) is 19.2 Å². The Kier molecular flexibility index (Phi) is 7.04. The molecule has 8 nitrogen and oxygen atoms in total. The fourth-order valence-corrected chi connectivity index (χ4v) is 3.38. The number of ether oxygens (including phenoxy) is 2. The zero-order valence-electron chi connectivity index (χ0n) is 17.1. The van der Waals surface area contributed by atoms with Crippen LogP contribution in [0.2, 0.25) is 5.02 Å². The number of esters is 1. The number of aryl methyl sites for hydroxylation is 1. The highest BCUT2D eigenvalue weighted by Gasteiger charge is 2.35. The number of benzene rings is 2. The maximum absolute atomic E-state index is 12.5. The maximum Gasteiger partial charge on any atom is 0.338 e. The molecule has 2 aromatic rings. The molecule has 0 fully saturated rings. The van der Waals surface area contributed by atoms with E-state index < -0.39 is 30.3 Å². The molecule has 2 aromatic carbocycles. The number of fused-ring (bicyclic) bond motifs is 1. The van der Waals surface area contributed by atoms with Crippen LogP contribution in [0.25, 0.3) is 0 Å². The lowest BCUT2D eigenvalue weighted by atomic mass is 10.1. The van der Waals surface area contributed by atoms with Gasteiger partial charge in [-0.25, -0.2) is 4.79 Å². The largest absolute Gasteiger partial charge is 0.452 e. The third-order valence-corrected chi connectivity index (χ3v) is 4.97. The van der Waals surface area contributed by atoms with Crippen molar-refractivity contribution < 1.29 is 28.7 Å². The van der Waals surface area contributed by atoms with Crippen molar-refractivity contribution in [3.63, 3.8) is 0 Å². The molecule has 0 atom stereocenters. The molecule has 9 heteroatoms. The molecule has 1 N–H and O–H groups in total. The highest BCUT2D eigenvalue weighted by molar-refractivity contribution is 6.30.